The van der Waals surface area contributed by atoms with E-state index in [2.05, 4.69) is 30.7 Å². The first-order valence-corrected chi connectivity index (χ1v) is 7.11. The number of fused-ring (bicyclic) bond motifs is 1. The Labute approximate surface area is 101 Å². The van der Waals surface area contributed by atoms with Gasteiger partial charge in [0.05, 0.1) is 0 Å². The first-order valence-electron chi connectivity index (χ1n) is 7.11. The molecule has 2 aliphatic heterocycles. The molecule has 0 aliphatic carbocycles. The van der Waals surface area contributed by atoms with Crippen molar-refractivity contribution in [3.8, 4) is 0 Å². The molecule has 0 bridgehead atoms. The quantitative estimate of drug-likeness (QED) is 0.724. The highest BCUT2D eigenvalue weighted by atomic mass is 15.3. The normalized spacial score (nSPS) is 33.9. The topological polar surface area (TPSA) is 6.48 Å². The summed E-state index contributed by atoms with van der Waals surface area (Å²) in [6, 6.07) is 0.873. The Kier molecular flexibility index (Phi) is 4.26. The summed E-state index contributed by atoms with van der Waals surface area (Å²) in [5.41, 5.74) is 0. The molecule has 2 heterocycles. The molecule has 16 heavy (non-hydrogen) atoms. The highest BCUT2D eigenvalue weighted by molar-refractivity contribution is 4.90. The van der Waals surface area contributed by atoms with Crippen LogP contribution in [0.5, 0.6) is 0 Å². The molecule has 3 atom stereocenters. The van der Waals surface area contributed by atoms with E-state index in [9.17, 15) is 0 Å². The highest BCUT2D eigenvalue weighted by Gasteiger charge is 2.35. The van der Waals surface area contributed by atoms with Crippen molar-refractivity contribution in [2.45, 2.75) is 45.6 Å². The number of likely N-dealkylation sites (N-methyl/N-ethyl adjacent to an activating group) is 1. The van der Waals surface area contributed by atoms with Crippen molar-refractivity contribution in [2.24, 2.45) is 11.8 Å². The van der Waals surface area contributed by atoms with Crippen LogP contribution in [0.2, 0.25) is 0 Å². The van der Waals surface area contributed by atoms with Crippen LogP contribution in [0.4, 0.5) is 0 Å². The van der Waals surface area contributed by atoms with Gasteiger partial charge in [-0.25, -0.2) is 0 Å². The number of nitrogens with zero attached hydrogens (tertiary/aromatic N) is 2. The molecule has 0 aromatic rings. The Morgan fingerprint density at radius 3 is 2.81 bits per heavy atom. The monoisotopic (exact) mass is 224 g/mol. The number of piperazine rings is 1. The zero-order chi connectivity index (χ0) is 11.5. The van der Waals surface area contributed by atoms with Gasteiger partial charge in [-0.05, 0) is 31.7 Å². The molecule has 2 fully saturated rings. The molecule has 2 rings (SSSR count). The second kappa shape index (κ2) is 5.50. The lowest BCUT2D eigenvalue weighted by Gasteiger charge is -2.35. The van der Waals surface area contributed by atoms with Gasteiger partial charge in [0, 0.05) is 32.2 Å². The molecular weight excluding hydrogens is 196 g/mol. The molecular formula is C14H28N2. The van der Waals surface area contributed by atoms with Crippen molar-refractivity contribution in [3.05, 3.63) is 0 Å². The molecule has 0 aromatic carbocycles. The van der Waals surface area contributed by atoms with Crippen LogP contribution in [-0.4, -0.2) is 49.1 Å². The molecule has 0 amide bonds. The van der Waals surface area contributed by atoms with Crippen LogP contribution < -0.4 is 0 Å². The summed E-state index contributed by atoms with van der Waals surface area (Å²) in [6.45, 7) is 10.0. The summed E-state index contributed by atoms with van der Waals surface area (Å²) >= 11 is 0. The maximum Gasteiger partial charge on any atom is 0.0226 e. The number of hydrogen-bond acceptors (Lipinski definition) is 2. The zero-order valence-electron chi connectivity index (χ0n) is 11.3. The third-order valence-electron chi connectivity index (χ3n) is 4.42. The Balaban J connectivity index is 1.78. The summed E-state index contributed by atoms with van der Waals surface area (Å²) in [4.78, 5) is 5.24. The Morgan fingerprint density at radius 2 is 2.06 bits per heavy atom. The van der Waals surface area contributed by atoms with Gasteiger partial charge in [-0.2, -0.15) is 0 Å². The van der Waals surface area contributed by atoms with E-state index >= 15 is 0 Å². The molecule has 0 spiro atoms. The molecule has 0 aromatic heterocycles. The predicted molar refractivity (Wildman–Crippen MR) is 69.7 cm³/mol. The minimum absolute atomic E-state index is 0.873. The first-order chi connectivity index (χ1) is 7.69. The standard InChI is InChI=1S/C14H28N2/c1-4-5-12(2)8-13-9-14-11-15(3)6-7-16(14)10-13/h12-14H,4-11H2,1-3H3. The summed E-state index contributed by atoms with van der Waals surface area (Å²) in [6.07, 6.45) is 5.69. The Bertz CT molecular complexity index is 215. The van der Waals surface area contributed by atoms with E-state index in [1.54, 1.807) is 0 Å². The summed E-state index contributed by atoms with van der Waals surface area (Å²) in [7, 11) is 2.27. The lowest BCUT2D eigenvalue weighted by molar-refractivity contribution is 0.124. The van der Waals surface area contributed by atoms with Gasteiger partial charge in [-0.15, -0.1) is 0 Å². The van der Waals surface area contributed by atoms with Gasteiger partial charge in [0.25, 0.3) is 0 Å². The molecule has 2 aliphatic rings. The fraction of sp³-hybridized carbons (Fsp3) is 1.00. The molecule has 2 saturated heterocycles. The first kappa shape index (κ1) is 12.4. The Morgan fingerprint density at radius 1 is 1.25 bits per heavy atom. The van der Waals surface area contributed by atoms with Crippen LogP contribution in [0, 0.1) is 11.8 Å². The van der Waals surface area contributed by atoms with E-state index in [0.29, 0.717) is 0 Å². The lowest BCUT2D eigenvalue weighted by atomic mass is 9.91. The van der Waals surface area contributed by atoms with Crippen LogP contribution in [-0.2, 0) is 0 Å². The molecule has 2 heteroatoms. The summed E-state index contributed by atoms with van der Waals surface area (Å²) in [5.74, 6) is 1.92. The van der Waals surface area contributed by atoms with Gasteiger partial charge in [0.2, 0.25) is 0 Å². The number of hydrogen-bond donors (Lipinski definition) is 0. The van der Waals surface area contributed by atoms with Crippen LogP contribution in [0.1, 0.15) is 39.5 Å². The summed E-state index contributed by atoms with van der Waals surface area (Å²) < 4.78 is 0. The largest absolute Gasteiger partial charge is 0.304 e. The summed E-state index contributed by atoms with van der Waals surface area (Å²) in [5, 5.41) is 0. The molecule has 0 N–H and O–H groups in total. The van der Waals surface area contributed by atoms with Crippen LogP contribution in [0.15, 0.2) is 0 Å². The second-order valence-electron chi connectivity index (χ2n) is 6.14. The molecule has 2 nitrogen and oxygen atoms in total. The maximum atomic E-state index is 2.74. The van der Waals surface area contributed by atoms with Crippen molar-refractivity contribution in [3.63, 3.8) is 0 Å². The van der Waals surface area contributed by atoms with Crippen LogP contribution >= 0.6 is 0 Å². The van der Waals surface area contributed by atoms with E-state index in [1.165, 1.54) is 51.9 Å². The van der Waals surface area contributed by atoms with Crippen molar-refractivity contribution < 1.29 is 0 Å². The zero-order valence-corrected chi connectivity index (χ0v) is 11.3. The van der Waals surface area contributed by atoms with E-state index in [-0.39, 0.29) is 0 Å². The van der Waals surface area contributed by atoms with E-state index < -0.39 is 0 Å². The van der Waals surface area contributed by atoms with E-state index in [4.69, 9.17) is 0 Å². The SMILES string of the molecule is CCCC(C)CC1CC2CN(C)CCN2C1. The second-order valence-corrected chi connectivity index (χ2v) is 6.14. The predicted octanol–water partition coefficient (Wildman–Crippen LogP) is 2.45. The van der Waals surface area contributed by atoms with Crippen molar-refractivity contribution in [1.82, 2.24) is 9.80 Å². The van der Waals surface area contributed by atoms with Crippen molar-refractivity contribution in [2.75, 3.05) is 33.2 Å². The lowest BCUT2D eigenvalue weighted by Crippen LogP contribution is -2.48. The van der Waals surface area contributed by atoms with E-state index in [1.807, 2.05) is 0 Å². The highest BCUT2D eigenvalue weighted by Crippen LogP contribution is 2.31. The average Bonchev–Trinajstić information content (AvgIpc) is 2.59. The molecule has 0 saturated carbocycles. The van der Waals surface area contributed by atoms with Crippen molar-refractivity contribution >= 4 is 0 Å². The fourth-order valence-corrected chi connectivity index (χ4v) is 3.65. The van der Waals surface area contributed by atoms with Crippen LogP contribution in [0.25, 0.3) is 0 Å². The fourth-order valence-electron chi connectivity index (χ4n) is 3.65. The van der Waals surface area contributed by atoms with Gasteiger partial charge in [0.15, 0.2) is 0 Å². The minimum Gasteiger partial charge on any atom is -0.304 e. The van der Waals surface area contributed by atoms with E-state index in [0.717, 1.165) is 17.9 Å². The Hall–Kier alpha value is -0.0800. The van der Waals surface area contributed by atoms with Gasteiger partial charge in [-0.1, -0.05) is 26.7 Å². The van der Waals surface area contributed by atoms with Gasteiger partial charge in [-0.3, -0.25) is 4.90 Å². The number of rotatable bonds is 4. The maximum absolute atomic E-state index is 2.74. The van der Waals surface area contributed by atoms with Crippen LogP contribution in [0.3, 0.4) is 0 Å². The molecule has 3 unspecified atom stereocenters. The third-order valence-corrected chi connectivity index (χ3v) is 4.42. The van der Waals surface area contributed by atoms with Gasteiger partial charge < -0.3 is 4.90 Å². The average molecular weight is 224 g/mol. The molecule has 94 valence electrons. The molecule has 0 radical (unpaired) electrons. The minimum atomic E-state index is 0.873. The van der Waals surface area contributed by atoms with Gasteiger partial charge in [0.1, 0.15) is 0 Å². The van der Waals surface area contributed by atoms with Gasteiger partial charge >= 0.3 is 0 Å². The third kappa shape index (κ3) is 2.98. The van der Waals surface area contributed by atoms with Crippen molar-refractivity contribution in [1.29, 1.82) is 0 Å². The smallest absolute Gasteiger partial charge is 0.0226 e.